The minimum atomic E-state index is -1.24. The van der Waals surface area contributed by atoms with Crippen molar-refractivity contribution in [3.63, 3.8) is 0 Å². The Morgan fingerprint density at radius 3 is 2.73 bits per heavy atom. The molecule has 1 aliphatic carbocycles. The summed E-state index contributed by atoms with van der Waals surface area (Å²) in [5, 5.41) is 18.7. The number of hydrogen-bond donors (Lipinski definition) is 1. The second-order valence-corrected chi connectivity index (χ2v) is 6.92. The van der Waals surface area contributed by atoms with Gasteiger partial charge in [0.25, 0.3) is 0 Å². The Hall–Kier alpha value is -1.41. The Kier molecular flexibility index (Phi) is 5.44. The number of carbonyl (C=O) groups is 2. The first-order valence-corrected chi connectivity index (χ1v) is 8.42. The molecule has 1 amide bonds. The van der Waals surface area contributed by atoms with Crippen molar-refractivity contribution < 1.29 is 53.8 Å². The maximum Gasteiger partial charge on any atom is 1.00 e. The van der Waals surface area contributed by atoms with E-state index in [0.717, 1.165) is 5.71 Å². The van der Waals surface area contributed by atoms with Gasteiger partial charge in [-0.1, -0.05) is 35.5 Å². The zero-order chi connectivity index (χ0) is 17.6. The number of hydrogen-bond acceptors (Lipinski definition) is 6. The van der Waals surface area contributed by atoms with Gasteiger partial charge in [0.2, 0.25) is 5.91 Å². The molecule has 0 spiro atoms. The summed E-state index contributed by atoms with van der Waals surface area (Å²) in [6.07, 6.45) is 0.165. The van der Waals surface area contributed by atoms with E-state index in [-0.39, 0.29) is 59.9 Å². The second kappa shape index (κ2) is 7.31. The molecule has 0 aromatic heterocycles. The summed E-state index contributed by atoms with van der Waals surface area (Å²) in [4.78, 5) is 29.7. The number of amides is 1. The molecule has 2 heterocycles. The van der Waals surface area contributed by atoms with Crippen LogP contribution >= 0.6 is 0 Å². The van der Waals surface area contributed by atoms with Gasteiger partial charge in [-0.25, -0.2) is 0 Å². The first kappa shape index (κ1) is 19.4. The number of carboxylic acids is 1. The maximum atomic E-state index is 12.6. The van der Waals surface area contributed by atoms with Crippen LogP contribution in [-0.2, 0) is 24.6 Å². The molecule has 5 atom stereocenters. The molecule has 4 rings (SSSR count). The number of carbonyl (C=O) groups excluding carboxylic acids is 2. The van der Waals surface area contributed by atoms with Crippen molar-refractivity contribution in [2.45, 2.75) is 30.9 Å². The van der Waals surface area contributed by atoms with Crippen LogP contribution in [0.4, 0.5) is 0 Å². The van der Waals surface area contributed by atoms with Gasteiger partial charge in [0.15, 0.2) is 6.10 Å². The Labute approximate surface area is 173 Å². The van der Waals surface area contributed by atoms with Crippen molar-refractivity contribution in [2.75, 3.05) is 13.2 Å². The smallest absolute Gasteiger partial charge is 0.549 e. The number of carboxylic acid groups (broad SMARTS) is 1. The van der Waals surface area contributed by atoms with E-state index in [1.807, 2.05) is 13.0 Å². The number of nitrogens with zero attached hydrogens (tertiary/aromatic N) is 1. The van der Waals surface area contributed by atoms with E-state index in [4.69, 9.17) is 9.57 Å². The van der Waals surface area contributed by atoms with Gasteiger partial charge in [0.05, 0.1) is 42.8 Å². The fourth-order valence-corrected chi connectivity index (χ4v) is 3.88. The molecular weight excluding hydrogens is 347 g/mol. The van der Waals surface area contributed by atoms with Crippen molar-refractivity contribution in [3.8, 4) is 0 Å². The molecule has 1 aromatic rings. The second-order valence-electron chi connectivity index (χ2n) is 6.92. The van der Waals surface area contributed by atoms with Gasteiger partial charge in [-0.2, -0.15) is 0 Å². The van der Waals surface area contributed by atoms with E-state index < -0.39 is 17.3 Å². The molecule has 0 bridgehead atoms. The summed E-state index contributed by atoms with van der Waals surface area (Å²) >= 11 is 0. The number of aliphatic carboxylic acids is 1. The van der Waals surface area contributed by atoms with E-state index in [2.05, 4.69) is 10.5 Å². The van der Waals surface area contributed by atoms with Crippen LogP contribution in [0.5, 0.6) is 0 Å². The fourth-order valence-electron chi connectivity index (χ4n) is 3.88. The Morgan fingerprint density at radius 2 is 2.04 bits per heavy atom. The zero-order valence-corrected chi connectivity index (χ0v) is 16.8. The molecule has 1 N–H and O–H groups in total. The summed E-state index contributed by atoms with van der Waals surface area (Å²) in [7, 11) is 0. The monoisotopic (exact) mass is 366 g/mol. The Balaban J connectivity index is 0.00000196. The van der Waals surface area contributed by atoms with Gasteiger partial charge in [-0.05, 0) is 18.9 Å². The number of ether oxygens (including phenoxy) is 1. The molecule has 0 radical (unpaired) electrons. The van der Waals surface area contributed by atoms with Crippen LogP contribution in [0.3, 0.4) is 0 Å². The van der Waals surface area contributed by atoms with Gasteiger partial charge in [-0.15, -0.1) is 0 Å². The fraction of sp³-hybridized carbons (Fsp3) is 0.500. The quantitative estimate of drug-likeness (QED) is 0.548. The number of oxime groups is 1. The van der Waals surface area contributed by atoms with Crippen LogP contribution in [0.2, 0.25) is 0 Å². The molecular formula is C18H19N2NaO5. The van der Waals surface area contributed by atoms with Crippen molar-refractivity contribution in [2.24, 2.45) is 17.0 Å². The molecule has 1 aromatic carbocycles. The molecule has 1 saturated heterocycles. The van der Waals surface area contributed by atoms with E-state index in [9.17, 15) is 14.7 Å². The molecule has 1 unspecified atom stereocenters. The van der Waals surface area contributed by atoms with E-state index in [1.54, 1.807) is 24.3 Å². The predicted octanol–water partition coefficient (Wildman–Crippen LogP) is -3.40. The van der Waals surface area contributed by atoms with Gasteiger partial charge in [0.1, 0.15) is 0 Å². The maximum absolute atomic E-state index is 12.6. The molecule has 7 nitrogen and oxygen atoms in total. The first-order valence-electron chi connectivity index (χ1n) is 8.42. The first-order chi connectivity index (χ1) is 12.0. The number of benzene rings is 1. The van der Waals surface area contributed by atoms with E-state index in [0.29, 0.717) is 18.8 Å². The average Bonchev–Trinajstić information content (AvgIpc) is 2.99. The van der Waals surface area contributed by atoms with Crippen molar-refractivity contribution >= 4 is 17.6 Å². The predicted molar refractivity (Wildman–Crippen MR) is 85.5 cm³/mol. The van der Waals surface area contributed by atoms with E-state index >= 15 is 0 Å². The van der Waals surface area contributed by atoms with Gasteiger partial charge in [-0.3, -0.25) is 4.79 Å². The normalized spacial score (nSPS) is 32.5. The summed E-state index contributed by atoms with van der Waals surface area (Å²) in [6, 6.07) is 8.45. The summed E-state index contributed by atoms with van der Waals surface area (Å²) in [6.45, 7) is 2.86. The van der Waals surface area contributed by atoms with Crippen LogP contribution in [0.15, 0.2) is 35.5 Å². The minimum Gasteiger partial charge on any atom is -0.549 e. The van der Waals surface area contributed by atoms with Gasteiger partial charge < -0.3 is 24.8 Å². The summed E-state index contributed by atoms with van der Waals surface area (Å²) < 4.78 is 5.37. The third kappa shape index (κ3) is 3.07. The summed E-state index contributed by atoms with van der Waals surface area (Å²) in [5.74, 6) is -2.10. The van der Waals surface area contributed by atoms with E-state index in [1.165, 1.54) is 0 Å². The zero-order valence-electron chi connectivity index (χ0n) is 14.8. The molecule has 2 fully saturated rings. The van der Waals surface area contributed by atoms with Crippen LogP contribution < -0.4 is 40.0 Å². The van der Waals surface area contributed by atoms with Crippen LogP contribution in [-0.4, -0.2) is 42.9 Å². The topological polar surface area (TPSA) is 100 Å². The number of fused-ring (bicyclic) bond motifs is 1. The third-order valence-electron chi connectivity index (χ3n) is 5.43. The number of nitrogens with one attached hydrogen (secondary N) is 1. The van der Waals surface area contributed by atoms with Gasteiger partial charge >= 0.3 is 29.6 Å². The molecule has 1 saturated carbocycles. The number of rotatable bonds is 5. The molecule has 132 valence electrons. The molecule has 3 aliphatic rings. The molecule has 2 aliphatic heterocycles. The Morgan fingerprint density at radius 1 is 1.31 bits per heavy atom. The minimum absolute atomic E-state index is 0. The van der Waals surface area contributed by atoms with Crippen LogP contribution in [0, 0.1) is 11.8 Å². The largest absolute Gasteiger partial charge is 1.00 e. The van der Waals surface area contributed by atoms with Gasteiger partial charge in [0, 0.05) is 5.41 Å². The Bertz CT molecular complexity index is 740. The van der Waals surface area contributed by atoms with Crippen LogP contribution in [0.25, 0.3) is 0 Å². The SMILES string of the molecule is CC(NC(=O)[C@@H]1C[C@@]1(C(=O)[O-])c1ccccc1)C1=NO[C@@H]2COC[C@H]12.[Na+]. The van der Waals surface area contributed by atoms with Crippen molar-refractivity contribution in [3.05, 3.63) is 35.9 Å². The van der Waals surface area contributed by atoms with Crippen molar-refractivity contribution in [1.82, 2.24) is 5.32 Å². The average molecular weight is 366 g/mol. The van der Waals surface area contributed by atoms with Crippen LogP contribution in [0.1, 0.15) is 18.9 Å². The molecule has 26 heavy (non-hydrogen) atoms. The third-order valence-corrected chi connectivity index (χ3v) is 5.43. The standard InChI is InChI=1S/C18H20N2O5.Na/c1-10(15-12-8-24-9-14(12)25-20-15)19-16(21)13-7-18(13,17(22)23)11-5-3-2-4-6-11;/h2-6,10,12-14H,7-9H2,1H3,(H,19,21)(H,22,23);/q;+1/p-1/t10?,12-,13-,14+,18+;/m0./s1. The molecule has 8 heteroatoms. The van der Waals surface area contributed by atoms with Crippen molar-refractivity contribution in [1.29, 1.82) is 0 Å². The summed E-state index contributed by atoms with van der Waals surface area (Å²) in [5.41, 5.74) is 0.113.